The maximum Gasteiger partial charge on any atom is 0.256 e. The molecular weight excluding hydrogens is 491 g/mol. The van der Waals surface area contributed by atoms with Crippen LogP contribution < -0.4 is 10.2 Å². The Kier molecular flexibility index (Phi) is 6.08. The molecule has 37 heavy (non-hydrogen) atoms. The van der Waals surface area contributed by atoms with Gasteiger partial charge in [-0.2, -0.15) is 0 Å². The Bertz CT molecular complexity index is 1510. The van der Waals surface area contributed by atoms with Crippen molar-refractivity contribution in [2.45, 2.75) is 25.4 Å². The Morgan fingerprint density at radius 2 is 1.81 bits per heavy atom. The highest BCUT2D eigenvalue weighted by molar-refractivity contribution is 6.31. The molecule has 2 aliphatic heterocycles. The zero-order chi connectivity index (χ0) is 25.5. The van der Waals surface area contributed by atoms with Crippen molar-refractivity contribution in [1.82, 2.24) is 9.47 Å². The first-order chi connectivity index (χ1) is 18.0. The van der Waals surface area contributed by atoms with Gasteiger partial charge in [0.25, 0.3) is 5.91 Å². The lowest BCUT2D eigenvalue weighted by Crippen LogP contribution is -2.45. The summed E-state index contributed by atoms with van der Waals surface area (Å²) in [7, 11) is 0. The number of anilines is 2. The summed E-state index contributed by atoms with van der Waals surface area (Å²) in [5.74, 6) is -0.769. The van der Waals surface area contributed by atoms with E-state index in [0.29, 0.717) is 35.2 Å². The summed E-state index contributed by atoms with van der Waals surface area (Å²) < 4.78 is 15.4. The first-order valence-corrected chi connectivity index (χ1v) is 12.7. The van der Waals surface area contributed by atoms with E-state index in [1.807, 2.05) is 29.8 Å². The Morgan fingerprint density at radius 3 is 2.62 bits per heavy atom. The minimum atomic E-state index is -0.462. The van der Waals surface area contributed by atoms with E-state index in [2.05, 4.69) is 22.3 Å². The smallest absolute Gasteiger partial charge is 0.256 e. The quantitative estimate of drug-likeness (QED) is 0.333. The number of likely N-dealkylation sites (tertiary alicyclic amines) is 1. The van der Waals surface area contributed by atoms with Gasteiger partial charge in [0.1, 0.15) is 12.5 Å². The summed E-state index contributed by atoms with van der Waals surface area (Å²) in [6.45, 7) is 3.27. The summed E-state index contributed by atoms with van der Waals surface area (Å²) >= 11 is 6.26. The number of ketones is 1. The molecule has 0 aliphatic carbocycles. The van der Waals surface area contributed by atoms with Crippen LogP contribution in [0.4, 0.5) is 15.8 Å². The van der Waals surface area contributed by atoms with Crippen molar-refractivity contribution < 1.29 is 14.0 Å². The summed E-state index contributed by atoms with van der Waals surface area (Å²) in [6, 6.07) is 19.5. The van der Waals surface area contributed by atoms with Gasteiger partial charge < -0.3 is 19.7 Å². The first-order valence-electron chi connectivity index (χ1n) is 12.3. The zero-order valence-electron chi connectivity index (χ0n) is 20.0. The highest BCUT2D eigenvalue weighted by Gasteiger charge is 2.32. The Labute approximate surface area is 219 Å². The number of aromatic nitrogens is 1. The van der Waals surface area contributed by atoms with Crippen molar-refractivity contribution in [2.24, 2.45) is 0 Å². The fraction of sp³-hybridized carbons (Fsp3) is 0.207. The predicted octanol–water partition coefficient (Wildman–Crippen LogP) is 5.97. The number of hydrogen-bond donors (Lipinski definition) is 1. The molecule has 3 heterocycles. The Balaban J connectivity index is 1.21. The third kappa shape index (κ3) is 4.44. The average molecular weight is 516 g/mol. The highest BCUT2D eigenvalue weighted by atomic mass is 35.5. The van der Waals surface area contributed by atoms with Crippen LogP contribution in [0.1, 0.15) is 33.6 Å². The van der Waals surface area contributed by atoms with Crippen molar-refractivity contribution in [3.8, 4) is 0 Å². The summed E-state index contributed by atoms with van der Waals surface area (Å²) in [5.41, 5.74) is 3.78. The Morgan fingerprint density at radius 1 is 1.00 bits per heavy atom. The SMILES string of the molecule is O=C(Cn1cc(C(=O)N2CCC(N3[CH]Nc4ccccc43)CC2)c2ccc(Cl)cc21)c1cccc(F)c1. The van der Waals surface area contributed by atoms with Crippen molar-refractivity contribution in [3.05, 3.63) is 102 Å². The van der Waals surface area contributed by atoms with E-state index >= 15 is 0 Å². The van der Waals surface area contributed by atoms with Crippen LogP contribution in [0.5, 0.6) is 0 Å². The van der Waals surface area contributed by atoms with E-state index in [9.17, 15) is 14.0 Å². The molecule has 1 amide bonds. The lowest BCUT2D eigenvalue weighted by atomic mass is 10.0. The molecule has 0 spiro atoms. The molecular formula is C29H25ClFN4O2. The maximum absolute atomic E-state index is 13.7. The summed E-state index contributed by atoms with van der Waals surface area (Å²) in [6.07, 6.45) is 3.42. The van der Waals surface area contributed by atoms with Gasteiger partial charge in [0.05, 0.1) is 29.0 Å². The van der Waals surface area contributed by atoms with Crippen LogP contribution >= 0.6 is 11.6 Å². The number of carbonyl (C=O) groups excluding carboxylic acids is 2. The summed E-state index contributed by atoms with van der Waals surface area (Å²) in [5, 5.41) is 4.58. The molecule has 0 atom stereocenters. The third-order valence-corrected chi connectivity index (χ3v) is 7.46. The molecule has 6 nitrogen and oxygen atoms in total. The van der Waals surface area contributed by atoms with Crippen LogP contribution in [-0.2, 0) is 6.54 Å². The van der Waals surface area contributed by atoms with Crippen LogP contribution in [0.25, 0.3) is 10.9 Å². The molecule has 1 radical (unpaired) electrons. The van der Waals surface area contributed by atoms with E-state index in [0.717, 1.165) is 29.6 Å². The normalized spacial score (nSPS) is 15.6. The molecule has 3 aromatic carbocycles. The van der Waals surface area contributed by atoms with Gasteiger partial charge in [0.2, 0.25) is 0 Å². The molecule has 6 rings (SSSR count). The number of nitrogens with one attached hydrogen (secondary N) is 1. The minimum Gasteiger partial charge on any atom is -0.360 e. The average Bonchev–Trinajstić information content (AvgIpc) is 3.50. The van der Waals surface area contributed by atoms with Crippen molar-refractivity contribution in [2.75, 3.05) is 23.3 Å². The summed E-state index contributed by atoms with van der Waals surface area (Å²) in [4.78, 5) is 30.7. The van der Waals surface area contributed by atoms with Gasteiger partial charge in [-0.3, -0.25) is 9.59 Å². The highest BCUT2D eigenvalue weighted by Crippen LogP contribution is 2.36. The number of halogens is 2. The number of nitrogens with zero attached hydrogens (tertiary/aromatic N) is 3. The number of fused-ring (bicyclic) bond motifs is 2. The third-order valence-electron chi connectivity index (χ3n) is 7.22. The monoisotopic (exact) mass is 515 g/mol. The second-order valence-electron chi connectivity index (χ2n) is 9.49. The fourth-order valence-electron chi connectivity index (χ4n) is 5.32. The number of para-hydroxylation sites is 2. The lowest BCUT2D eigenvalue weighted by Gasteiger charge is -2.37. The van der Waals surface area contributed by atoms with Gasteiger partial charge in [-0.05, 0) is 49.2 Å². The number of rotatable bonds is 5. The van der Waals surface area contributed by atoms with Crippen LogP contribution in [0, 0.1) is 12.5 Å². The van der Waals surface area contributed by atoms with E-state index < -0.39 is 5.82 Å². The van der Waals surface area contributed by atoms with E-state index in [1.54, 1.807) is 29.0 Å². The number of benzene rings is 3. The number of Topliss-reactive ketones (excluding diaryl/α,β-unsaturated/α-hetero) is 1. The lowest BCUT2D eigenvalue weighted by molar-refractivity contribution is 0.0715. The zero-order valence-corrected chi connectivity index (χ0v) is 20.8. The molecule has 1 saturated heterocycles. The fourth-order valence-corrected chi connectivity index (χ4v) is 5.49. The van der Waals surface area contributed by atoms with Gasteiger partial charge in [0, 0.05) is 41.3 Å². The second-order valence-corrected chi connectivity index (χ2v) is 9.92. The van der Waals surface area contributed by atoms with E-state index in [4.69, 9.17) is 11.6 Å². The molecule has 0 saturated carbocycles. The maximum atomic E-state index is 13.7. The topological polar surface area (TPSA) is 57.6 Å². The molecule has 4 aromatic rings. The van der Waals surface area contributed by atoms with Crippen LogP contribution in [-0.4, -0.2) is 40.3 Å². The van der Waals surface area contributed by atoms with Gasteiger partial charge in [-0.25, -0.2) is 4.39 Å². The van der Waals surface area contributed by atoms with Crippen molar-refractivity contribution in [3.63, 3.8) is 0 Å². The number of hydrogen-bond acceptors (Lipinski definition) is 4. The van der Waals surface area contributed by atoms with Gasteiger partial charge in [-0.15, -0.1) is 0 Å². The Hall–Kier alpha value is -3.84. The van der Waals surface area contributed by atoms with Crippen LogP contribution in [0.3, 0.4) is 0 Å². The van der Waals surface area contributed by atoms with Crippen LogP contribution in [0.2, 0.25) is 5.02 Å². The molecule has 1 aromatic heterocycles. The standard InChI is InChI=1S/C29H25ClFN4O2/c30-20-8-9-23-24(16-34(27(23)15-20)17-28(36)19-4-3-5-21(31)14-19)29(37)33-12-10-22(11-13-33)35-18-32-25-6-1-2-7-26(25)35/h1-9,14-16,18,22,32H,10-13,17H2. The van der Waals surface area contributed by atoms with E-state index in [1.165, 1.54) is 18.2 Å². The molecule has 0 bridgehead atoms. The molecule has 1 N–H and O–H groups in total. The van der Waals surface area contributed by atoms with E-state index in [-0.39, 0.29) is 23.8 Å². The molecule has 0 unspecified atom stereocenters. The number of carbonyl (C=O) groups is 2. The largest absolute Gasteiger partial charge is 0.360 e. The van der Waals surface area contributed by atoms with Crippen molar-refractivity contribution >= 4 is 45.6 Å². The van der Waals surface area contributed by atoms with Gasteiger partial charge in [-0.1, -0.05) is 41.9 Å². The molecule has 187 valence electrons. The molecule has 1 fully saturated rings. The second kappa shape index (κ2) is 9.56. The first kappa shape index (κ1) is 23.6. The molecule has 8 heteroatoms. The van der Waals surface area contributed by atoms with Gasteiger partial charge in [0.15, 0.2) is 5.78 Å². The predicted molar refractivity (Wildman–Crippen MR) is 143 cm³/mol. The molecule has 2 aliphatic rings. The minimum absolute atomic E-state index is 0.0210. The van der Waals surface area contributed by atoms with Crippen molar-refractivity contribution in [1.29, 1.82) is 0 Å². The number of amides is 1. The number of piperidine rings is 1. The van der Waals surface area contributed by atoms with Gasteiger partial charge >= 0.3 is 0 Å². The van der Waals surface area contributed by atoms with Crippen LogP contribution in [0.15, 0.2) is 72.9 Å².